The second-order valence-corrected chi connectivity index (χ2v) is 5.13. The molecule has 0 unspecified atom stereocenters. The van der Waals surface area contributed by atoms with Gasteiger partial charge in [-0.05, 0) is 36.4 Å². The van der Waals surface area contributed by atoms with Crippen LogP contribution in [0.25, 0.3) is 0 Å². The van der Waals surface area contributed by atoms with Crippen molar-refractivity contribution in [2.75, 3.05) is 0 Å². The van der Waals surface area contributed by atoms with Gasteiger partial charge in [-0.2, -0.15) is 0 Å². The molecule has 2 rings (SSSR count). The van der Waals surface area contributed by atoms with Crippen molar-refractivity contribution in [3.8, 4) is 11.5 Å². The molecule has 0 spiro atoms. The maximum absolute atomic E-state index is 13.0. The number of hydrogen-bond donors (Lipinski definition) is 2. The number of oxime groups is 1. The minimum Gasteiger partial charge on any atom is -0.455 e. The molecule has 0 bridgehead atoms. The lowest BCUT2D eigenvalue weighted by atomic mass is 10.2. The maximum Gasteiger partial charge on any atom is 0.173 e. The summed E-state index contributed by atoms with van der Waals surface area (Å²) in [7, 11) is 0. The van der Waals surface area contributed by atoms with E-state index in [4.69, 9.17) is 27.3 Å². The molecule has 104 valence electrons. The van der Waals surface area contributed by atoms with Crippen molar-refractivity contribution in [2.45, 2.75) is 0 Å². The molecular formula is C13H9BrClFN2O2. The minimum absolute atomic E-state index is 0.106. The summed E-state index contributed by atoms with van der Waals surface area (Å²) in [4.78, 5) is 0. The summed E-state index contributed by atoms with van der Waals surface area (Å²) in [6, 6.07) is 8.72. The van der Waals surface area contributed by atoms with Gasteiger partial charge in [0.1, 0.15) is 17.3 Å². The van der Waals surface area contributed by atoms with Gasteiger partial charge in [-0.1, -0.05) is 32.7 Å². The van der Waals surface area contributed by atoms with Crippen LogP contribution in [0.15, 0.2) is 46.0 Å². The van der Waals surface area contributed by atoms with E-state index in [1.165, 1.54) is 12.1 Å². The number of amidine groups is 1. The molecule has 20 heavy (non-hydrogen) atoms. The summed E-state index contributed by atoms with van der Waals surface area (Å²) < 4.78 is 19.3. The van der Waals surface area contributed by atoms with Crippen LogP contribution in [-0.2, 0) is 0 Å². The SMILES string of the molecule is N/C(=N/O)c1ccc(Br)cc1Oc1ccc(F)cc1Cl. The quantitative estimate of drug-likeness (QED) is 0.375. The van der Waals surface area contributed by atoms with E-state index in [2.05, 4.69) is 21.1 Å². The van der Waals surface area contributed by atoms with Crippen LogP contribution in [-0.4, -0.2) is 11.0 Å². The van der Waals surface area contributed by atoms with Crippen molar-refractivity contribution in [1.29, 1.82) is 0 Å². The predicted octanol–water partition coefficient (Wildman–Crippen LogP) is 4.13. The third-order valence-corrected chi connectivity index (χ3v) is 3.23. The number of benzene rings is 2. The standard InChI is InChI=1S/C13H9BrClFN2O2/c14-7-1-3-9(13(17)18-19)12(5-7)20-11-4-2-8(16)6-10(11)15/h1-6,19H,(H2,17,18). The molecule has 3 N–H and O–H groups in total. The highest BCUT2D eigenvalue weighted by atomic mass is 79.9. The van der Waals surface area contributed by atoms with E-state index < -0.39 is 5.82 Å². The summed E-state index contributed by atoms with van der Waals surface area (Å²) in [5, 5.41) is 11.8. The zero-order valence-electron chi connectivity index (χ0n) is 9.98. The fourth-order valence-electron chi connectivity index (χ4n) is 1.52. The summed E-state index contributed by atoms with van der Waals surface area (Å²) in [5.74, 6) is 0.0142. The summed E-state index contributed by atoms with van der Waals surface area (Å²) in [5.41, 5.74) is 5.96. The van der Waals surface area contributed by atoms with E-state index in [1.807, 2.05) is 0 Å². The van der Waals surface area contributed by atoms with Crippen LogP contribution < -0.4 is 10.5 Å². The van der Waals surface area contributed by atoms with Gasteiger partial charge in [0.2, 0.25) is 0 Å². The average Bonchev–Trinajstić information content (AvgIpc) is 2.41. The molecular weight excluding hydrogens is 351 g/mol. The highest BCUT2D eigenvalue weighted by molar-refractivity contribution is 9.10. The van der Waals surface area contributed by atoms with Gasteiger partial charge in [0.15, 0.2) is 5.84 Å². The van der Waals surface area contributed by atoms with Crippen LogP contribution in [0.2, 0.25) is 5.02 Å². The molecule has 0 saturated carbocycles. The van der Waals surface area contributed by atoms with E-state index in [-0.39, 0.29) is 16.6 Å². The zero-order chi connectivity index (χ0) is 14.7. The van der Waals surface area contributed by atoms with E-state index in [0.717, 1.165) is 10.5 Å². The van der Waals surface area contributed by atoms with Crippen molar-refractivity contribution in [3.05, 3.63) is 57.3 Å². The van der Waals surface area contributed by atoms with Gasteiger partial charge in [-0.25, -0.2) is 4.39 Å². The van der Waals surface area contributed by atoms with Crippen molar-refractivity contribution in [3.63, 3.8) is 0 Å². The molecule has 7 heteroatoms. The number of rotatable bonds is 3. The van der Waals surface area contributed by atoms with Crippen molar-refractivity contribution >= 4 is 33.4 Å². The Labute approximate surface area is 127 Å². The lowest BCUT2D eigenvalue weighted by Gasteiger charge is -2.12. The second kappa shape index (κ2) is 6.11. The summed E-state index contributed by atoms with van der Waals surface area (Å²) >= 11 is 9.19. The van der Waals surface area contributed by atoms with Crippen molar-refractivity contribution in [1.82, 2.24) is 0 Å². The Morgan fingerprint density at radius 1 is 1.25 bits per heavy atom. The Morgan fingerprint density at radius 2 is 2.00 bits per heavy atom. The lowest BCUT2D eigenvalue weighted by Crippen LogP contribution is -2.14. The first-order valence-corrected chi connectivity index (χ1v) is 6.58. The molecule has 4 nitrogen and oxygen atoms in total. The molecule has 0 aromatic heterocycles. The van der Waals surface area contributed by atoms with Crippen LogP contribution >= 0.6 is 27.5 Å². The molecule has 0 aliphatic carbocycles. The first-order chi connectivity index (χ1) is 9.51. The van der Waals surface area contributed by atoms with Gasteiger partial charge >= 0.3 is 0 Å². The van der Waals surface area contributed by atoms with Gasteiger partial charge in [0.25, 0.3) is 0 Å². The van der Waals surface area contributed by atoms with Gasteiger partial charge in [-0.15, -0.1) is 0 Å². The number of nitrogens with two attached hydrogens (primary N) is 1. The topological polar surface area (TPSA) is 67.8 Å². The normalized spacial score (nSPS) is 11.4. The molecule has 0 saturated heterocycles. The maximum atomic E-state index is 13.0. The van der Waals surface area contributed by atoms with Crippen LogP contribution in [0.1, 0.15) is 5.56 Å². The van der Waals surface area contributed by atoms with Gasteiger partial charge in [-0.3, -0.25) is 0 Å². The predicted molar refractivity (Wildman–Crippen MR) is 78.1 cm³/mol. The monoisotopic (exact) mass is 358 g/mol. The third-order valence-electron chi connectivity index (χ3n) is 2.44. The van der Waals surface area contributed by atoms with Crippen LogP contribution in [0.4, 0.5) is 4.39 Å². The molecule has 2 aromatic carbocycles. The van der Waals surface area contributed by atoms with Crippen LogP contribution in [0.5, 0.6) is 11.5 Å². The summed E-state index contributed by atoms with van der Waals surface area (Å²) in [6.07, 6.45) is 0. The number of halogens is 3. The van der Waals surface area contributed by atoms with Crippen LogP contribution in [0.3, 0.4) is 0 Å². The fraction of sp³-hybridized carbons (Fsp3) is 0. The first-order valence-electron chi connectivity index (χ1n) is 5.41. The molecule has 0 radical (unpaired) electrons. The lowest BCUT2D eigenvalue weighted by molar-refractivity contribution is 0.318. The van der Waals surface area contributed by atoms with E-state index in [9.17, 15) is 4.39 Å². The fourth-order valence-corrected chi connectivity index (χ4v) is 2.07. The Bertz CT molecular complexity index is 679. The number of ether oxygens (including phenoxy) is 1. The molecule has 0 aliphatic heterocycles. The highest BCUT2D eigenvalue weighted by Crippen LogP contribution is 2.33. The van der Waals surface area contributed by atoms with E-state index in [1.54, 1.807) is 18.2 Å². The Hall–Kier alpha value is -1.79. The first kappa shape index (κ1) is 14.6. The van der Waals surface area contributed by atoms with Crippen molar-refractivity contribution in [2.24, 2.45) is 10.9 Å². The molecule has 0 atom stereocenters. The smallest absolute Gasteiger partial charge is 0.173 e. The largest absolute Gasteiger partial charge is 0.455 e. The zero-order valence-corrected chi connectivity index (χ0v) is 12.3. The molecule has 0 heterocycles. The highest BCUT2D eigenvalue weighted by Gasteiger charge is 2.12. The number of hydrogen-bond acceptors (Lipinski definition) is 3. The minimum atomic E-state index is -0.465. The van der Waals surface area contributed by atoms with Gasteiger partial charge in [0, 0.05) is 4.47 Å². The van der Waals surface area contributed by atoms with E-state index >= 15 is 0 Å². The molecule has 2 aromatic rings. The number of nitrogens with zero attached hydrogens (tertiary/aromatic N) is 1. The van der Waals surface area contributed by atoms with Gasteiger partial charge in [0.05, 0.1) is 10.6 Å². The Kier molecular flexibility index (Phi) is 4.46. The third kappa shape index (κ3) is 3.20. The average molecular weight is 360 g/mol. The Balaban J connectivity index is 2.44. The molecule has 0 fully saturated rings. The Morgan fingerprint density at radius 3 is 2.65 bits per heavy atom. The second-order valence-electron chi connectivity index (χ2n) is 3.80. The van der Waals surface area contributed by atoms with E-state index in [0.29, 0.717) is 11.3 Å². The van der Waals surface area contributed by atoms with Crippen LogP contribution in [0, 0.1) is 5.82 Å². The summed E-state index contributed by atoms with van der Waals surface area (Å²) in [6.45, 7) is 0. The molecule has 0 aliphatic rings. The molecule has 0 amide bonds. The van der Waals surface area contributed by atoms with Crippen molar-refractivity contribution < 1.29 is 14.3 Å². The van der Waals surface area contributed by atoms with Gasteiger partial charge < -0.3 is 15.7 Å².